The Kier molecular flexibility index (Phi) is 6.25. The van der Waals surface area contributed by atoms with Crippen molar-refractivity contribution in [3.05, 3.63) is 23.8 Å². The first-order valence-corrected chi connectivity index (χ1v) is 12.6. The molecule has 31 heavy (non-hydrogen) atoms. The molecular weight excluding hydrogens is 418 g/mol. The van der Waals surface area contributed by atoms with Gasteiger partial charge in [0.15, 0.2) is 0 Å². The van der Waals surface area contributed by atoms with Crippen LogP contribution in [-0.4, -0.2) is 55.3 Å². The van der Waals surface area contributed by atoms with Crippen LogP contribution in [0.5, 0.6) is 5.75 Å². The third kappa shape index (κ3) is 4.17. The van der Waals surface area contributed by atoms with Gasteiger partial charge in [0.25, 0.3) is 5.91 Å². The van der Waals surface area contributed by atoms with Crippen molar-refractivity contribution in [3.63, 3.8) is 0 Å². The lowest BCUT2D eigenvalue weighted by atomic mass is 9.79. The fraction of sp³-hybridized carbons (Fsp3) is 0.636. The summed E-state index contributed by atoms with van der Waals surface area (Å²) in [7, 11) is -2.37. The molecule has 1 aromatic carbocycles. The summed E-state index contributed by atoms with van der Waals surface area (Å²) in [4.78, 5) is 25.6. The number of rotatable bonds is 4. The molecule has 8 nitrogen and oxygen atoms in total. The highest BCUT2D eigenvalue weighted by Gasteiger charge is 2.48. The monoisotopic (exact) mass is 449 g/mol. The van der Waals surface area contributed by atoms with E-state index in [0.717, 1.165) is 57.8 Å². The molecular formula is C22H31N3O5S. The summed E-state index contributed by atoms with van der Waals surface area (Å²) in [5, 5.41) is 1.46. The fourth-order valence-electron chi connectivity index (χ4n) is 5.10. The number of carbonyl (C=O) groups excluding carboxylic acids is 2. The van der Waals surface area contributed by atoms with Crippen LogP contribution in [0.1, 0.15) is 74.6 Å². The predicted molar refractivity (Wildman–Crippen MR) is 115 cm³/mol. The molecule has 1 saturated carbocycles. The number of benzene rings is 1. The topological polar surface area (TPSA) is 96.0 Å². The number of carbonyl (C=O) groups is 2. The summed E-state index contributed by atoms with van der Waals surface area (Å²) >= 11 is 0. The highest BCUT2D eigenvalue weighted by Crippen LogP contribution is 2.40. The van der Waals surface area contributed by atoms with Gasteiger partial charge in [0, 0.05) is 18.7 Å². The van der Waals surface area contributed by atoms with Gasteiger partial charge < -0.3 is 4.74 Å². The van der Waals surface area contributed by atoms with Crippen molar-refractivity contribution >= 4 is 21.8 Å². The Hall–Kier alpha value is -2.13. The molecule has 3 fully saturated rings. The molecule has 1 spiro atoms. The first-order chi connectivity index (χ1) is 14.9. The molecule has 2 saturated heterocycles. The van der Waals surface area contributed by atoms with Crippen LogP contribution in [0.25, 0.3) is 0 Å². The molecule has 2 aliphatic heterocycles. The summed E-state index contributed by atoms with van der Waals surface area (Å²) in [5.74, 6) is -0.317. The first kappa shape index (κ1) is 22.1. The Morgan fingerprint density at radius 2 is 1.68 bits per heavy atom. The molecule has 1 aliphatic carbocycles. The molecule has 0 bridgehead atoms. The third-order valence-corrected chi connectivity index (χ3v) is 8.70. The SMILES string of the molecule is COc1ccc(C(=O)N2NC(=O)CC23CCCCC3)cc1S(=O)(=O)N1CCCCCC1. The number of sulfonamides is 1. The highest BCUT2D eigenvalue weighted by atomic mass is 32.2. The van der Waals surface area contributed by atoms with E-state index in [-0.39, 0.29) is 28.0 Å². The van der Waals surface area contributed by atoms with Gasteiger partial charge in [-0.3, -0.25) is 15.0 Å². The van der Waals surface area contributed by atoms with Gasteiger partial charge in [-0.15, -0.1) is 0 Å². The molecule has 9 heteroatoms. The Bertz CT molecular complexity index is 948. The van der Waals surface area contributed by atoms with Gasteiger partial charge >= 0.3 is 0 Å². The zero-order valence-corrected chi connectivity index (χ0v) is 18.9. The number of amides is 2. The summed E-state index contributed by atoms with van der Waals surface area (Å²) in [5.41, 5.74) is 2.44. The van der Waals surface area contributed by atoms with Gasteiger partial charge in [-0.1, -0.05) is 32.1 Å². The standard InChI is InChI=1S/C22H31N3O5S/c1-30-18-10-9-17(15-19(18)31(28,29)24-13-7-2-3-8-14-24)21(27)25-22(16-20(26)23-25)11-5-4-6-12-22/h9-10,15H,2-8,11-14,16H2,1H3,(H,23,26). The number of ether oxygens (including phenoxy) is 1. The van der Waals surface area contributed by atoms with Gasteiger partial charge in [0.1, 0.15) is 10.6 Å². The van der Waals surface area contributed by atoms with Gasteiger partial charge in [0.2, 0.25) is 15.9 Å². The number of nitrogens with one attached hydrogen (secondary N) is 1. The van der Waals surface area contributed by atoms with Crippen LogP contribution in [0.2, 0.25) is 0 Å². The van der Waals surface area contributed by atoms with E-state index in [2.05, 4.69) is 5.43 Å². The lowest BCUT2D eigenvalue weighted by Gasteiger charge is -2.39. The molecule has 1 aromatic rings. The second-order valence-electron chi connectivity index (χ2n) is 8.82. The lowest BCUT2D eigenvalue weighted by Crippen LogP contribution is -2.52. The Morgan fingerprint density at radius 3 is 2.32 bits per heavy atom. The molecule has 1 N–H and O–H groups in total. The molecule has 0 atom stereocenters. The lowest BCUT2D eigenvalue weighted by molar-refractivity contribution is -0.120. The molecule has 2 amide bonds. The quantitative estimate of drug-likeness (QED) is 0.763. The summed E-state index contributed by atoms with van der Waals surface area (Å²) in [6.07, 6.45) is 8.54. The van der Waals surface area contributed by atoms with Crippen molar-refractivity contribution in [2.24, 2.45) is 0 Å². The molecule has 4 rings (SSSR count). The van der Waals surface area contributed by atoms with Crippen molar-refractivity contribution in [2.45, 2.75) is 74.6 Å². The van der Waals surface area contributed by atoms with E-state index in [1.54, 1.807) is 6.07 Å². The van der Waals surface area contributed by atoms with E-state index < -0.39 is 15.6 Å². The Morgan fingerprint density at radius 1 is 1.03 bits per heavy atom. The summed E-state index contributed by atoms with van der Waals surface area (Å²) in [6.45, 7) is 0.934. The van der Waals surface area contributed by atoms with E-state index in [1.165, 1.54) is 28.6 Å². The second-order valence-corrected chi connectivity index (χ2v) is 10.7. The van der Waals surface area contributed by atoms with Crippen molar-refractivity contribution in [2.75, 3.05) is 20.2 Å². The van der Waals surface area contributed by atoms with Crippen LogP contribution in [0.4, 0.5) is 0 Å². The van der Waals surface area contributed by atoms with Gasteiger partial charge in [-0.25, -0.2) is 13.4 Å². The van der Waals surface area contributed by atoms with Gasteiger partial charge in [0.05, 0.1) is 19.1 Å². The van der Waals surface area contributed by atoms with Crippen LogP contribution >= 0.6 is 0 Å². The fourth-order valence-corrected chi connectivity index (χ4v) is 6.80. The molecule has 0 unspecified atom stereocenters. The minimum absolute atomic E-state index is 0.00553. The predicted octanol–water partition coefficient (Wildman–Crippen LogP) is 2.84. The number of hydrogen-bond acceptors (Lipinski definition) is 5. The Labute approximate surface area is 183 Å². The molecule has 170 valence electrons. The van der Waals surface area contributed by atoms with Crippen molar-refractivity contribution in [1.82, 2.24) is 14.7 Å². The van der Waals surface area contributed by atoms with Crippen LogP contribution in [0, 0.1) is 0 Å². The minimum Gasteiger partial charge on any atom is -0.495 e. The maximum Gasteiger partial charge on any atom is 0.272 e. The zero-order chi connectivity index (χ0) is 22.1. The van der Waals surface area contributed by atoms with Crippen molar-refractivity contribution in [3.8, 4) is 5.75 Å². The number of hydrazine groups is 1. The normalized spacial score (nSPS) is 22.2. The smallest absolute Gasteiger partial charge is 0.272 e. The van der Waals surface area contributed by atoms with E-state index >= 15 is 0 Å². The molecule has 0 aromatic heterocycles. The molecule has 2 heterocycles. The average Bonchev–Trinajstić information content (AvgIpc) is 2.95. The van der Waals surface area contributed by atoms with Crippen LogP contribution < -0.4 is 10.2 Å². The van der Waals surface area contributed by atoms with E-state index in [0.29, 0.717) is 19.5 Å². The number of methoxy groups -OCH3 is 1. The van der Waals surface area contributed by atoms with Crippen molar-refractivity contribution in [1.29, 1.82) is 0 Å². The van der Waals surface area contributed by atoms with Crippen molar-refractivity contribution < 1.29 is 22.7 Å². The Balaban J connectivity index is 1.68. The van der Waals surface area contributed by atoms with Crippen LogP contribution in [-0.2, 0) is 14.8 Å². The van der Waals surface area contributed by atoms with Crippen LogP contribution in [0.3, 0.4) is 0 Å². The maximum atomic E-state index is 13.4. The summed E-state index contributed by atoms with van der Waals surface area (Å²) in [6, 6.07) is 4.51. The number of nitrogens with zero attached hydrogens (tertiary/aromatic N) is 2. The molecule has 0 radical (unpaired) electrons. The van der Waals surface area contributed by atoms with E-state index in [1.807, 2.05) is 0 Å². The molecule has 3 aliphatic rings. The zero-order valence-electron chi connectivity index (χ0n) is 18.1. The summed E-state index contributed by atoms with van der Waals surface area (Å²) < 4.78 is 33.7. The minimum atomic E-state index is -3.80. The average molecular weight is 450 g/mol. The second kappa shape index (κ2) is 8.78. The first-order valence-electron chi connectivity index (χ1n) is 11.2. The van der Waals surface area contributed by atoms with Crippen LogP contribution in [0.15, 0.2) is 23.1 Å². The van der Waals surface area contributed by atoms with Gasteiger partial charge in [-0.05, 0) is 43.9 Å². The number of hydrogen-bond donors (Lipinski definition) is 1. The largest absolute Gasteiger partial charge is 0.495 e. The van der Waals surface area contributed by atoms with E-state index in [4.69, 9.17) is 4.74 Å². The van der Waals surface area contributed by atoms with E-state index in [9.17, 15) is 18.0 Å². The highest BCUT2D eigenvalue weighted by molar-refractivity contribution is 7.89. The maximum absolute atomic E-state index is 13.4. The third-order valence-electron chi connectivity index (χ3n) is 6.78. The van der Waals surface area contributed by atoms with Gasteiger partial charge in [-0.2, -0.15) is 4.31 Å².